The van der Waals surface area contributed by atoms with E-state index in [-0.39, 0.29) is 48.0 Å². The van der Waals surface area contributed by atoms with Crippen LogP contribution in [0.15, 0.2) is 30.7 Å². The van der Waals surface area contributed by atoms with E-state index in [1.165, 1.54) is 16.2 Å². The summed E-state index contributed by atoms with van der Waals surface area (Å²) in [6.45, 7) is 7.29. The molecule has 1 saturated carbocycles. The molecular weight excluding hydrogens is 511 g/mol. The van der Waals surface area contributed by atoms with Crippen molar-refractivity contribution in [1.82, 2.24) is 24.8 Å². The summed E-state index contributed by atoms with van der Waals surface area (Å²) in [7, 11) is 0. The van der Waals surface area contributed by atoms with Gasteiger partial charge in [0.1, 0.15) is 6.33 Å². The lowest BCUT2D eigenvalue weighted by molar-refractivity contribution is -0.143. The van der Waals surface area contributed by atoms with E-state index < -0.39 is 0 Å². The summed E-state index contributed by atoms with van der Waals surface area (Å²) in [6.07, 6.45) is 6.67. The number of anilines is 1. The standard InChI is InChI=1S/C27H29ClN6O2.ClH/c1-27(2)21-22(27)26(36)33(25(21)35)12-15-8-20-23(30-14-31-34(20)13-15)19-10-17(28)9-16-4-3-7-32(24(16)19)18-5-6-29-11-18;/h8-10,13-14,18,21-22,29H,3-7,11-12H2,1-2H3;1H. The second-order valence-electron chi connectivity index (χ2n) is 11.2. The minimum atomic E-state index is -0.207. The Kier molecular flexibility index (Phi) is 5.78. The number of hydrogen-bond donors (Lipinski definition) is 1. The first-order chi connectivity index (χ1) is 17.3. The maximum atomic E-state index is 12.9. The zero-order valence-electron chi connectivity index (χ0n) is 20.9. The predicted octanol–water partition coefficient (Wildman–Crippen LogP) is 3.73. The summed E-state index contributed by atoms with van der Waals surface area (Å²) >= 11 is 6.62. The third-order valence-corrected chi connectivity index (χ3v) is 8.93. The van der Waals surface area contributed by atoms with Crippen LogP contribution in [0.3, 0.4) is 0 Å². The van der Waals surface area contributed by atoms with E-state index in [9.17, 15) is 9.59 Å². The Bertz CT molecular complexity index is 1410. The number of nitrogens with one attached hydrogen (secondary N) is 1. The van der Waals surface area contributed by atoms with Crippen molar-refractivity contribution in [2.75, 3.05) is 24.5 Å². The quantitative estimate of drug-likeness (QED) is 0.507. The molecule has 1 N–H and O–H groups in total. The second kappa shape index (κ2) is 8.68. The van der Waals surface area contributed by atoms with E-state index in [2.05, 4.69) is 21.4 Å². The molecule has 5 heterocycles. The van der Waals surface area contributed by atoms with Gasteiger partial charge in [-0.15, -0.1) is 12.4 Å². The molecule has 3 aliphatic heterocycles. The lowest BCUT2D eigenvalue weighted by atomic mass is 9.94. The zero-order chi connectivity index (χ0) is 24.8. The number of nitrogens with zero attached hydrogens (tertiary/aromatic N) is 5. The number of aryl methyl sites for hydroxylation is 1. The number of imide groups is 1. The summed E-state index contributed by atoms with van der Waals surface area (Å²) in [5.74, 6) is -0.458. The highest BCUT2D eigenvalue weighted by Gasteiger charge is 2.72. The minimum absolute atomic E-state index is 0. The van der Waals surface area contributed by atoms with Crippen molar-refractivity contribution in [1.29, 1.82) is 0 Å². The first kappa shape index (κ1) is 24.6. The van der Waals surface area contributed by atoms with E-state index in [1.54, 1.807) is 10.8 Å². The Labute approximate surface area is 226 Å². The molecular formula is C27H30Cl2N6O2. The largest absolute Gasteiger partial charge is 0.366 e. The third-order valence-electron chi connectivity index (χ3n) is 8.71. The van der Waals surface area contributed by atoms with Crippen molar-refractivity contribution >= 4 is 47.0 Å². The highest BCUT2D eigenvalue weighted by Crippen LogP contribution is 2.63. The minimum Gasteiger partial charge on any atom is -0.366 e. The molecule has 3 unspecified atom stereocenters. The zero-order valence-corrected chi connectivity index (χ0v) is 22.5. The molecule has 7 rings (SSSR count). The van der Waals surface area contributed by atoms with Gasteiger partial charge in [0.05, 0.1) is 29.6 Å². The number of carbonyl (C=O) groups excluding carboxylic acids is 2. The van der Waals surface area contributed by atoms with Gasteiger partial charge in [-0.1, -0.05) is 25.4 Å². The van der Waals surface area contributed by atoms with Crippen molar-refractivity contribution in [3.63, 3.8) is 0 Å². The fraction of sp³-hybridized carbons (Fsp3) is 0.481. The maximum Gasteiger partial charge on any atom is 0.233 e. The van der Waals surface area contributed by atoms with Gasteiger partial charge in [-0.25, -0.2) is 9.50 Å². The molecule has 0 bridgehead atoms. The molecule has 4 aliphatic rings. The van der Waals surface area contributed by atoms with E-state index >= 15 is 0 Å². The number of piperidine rings is 1. The van der Waals surface area contributed by atoms with Gasteiger partial charge in [0.2, 0.25) is 11.8 Å². The summed E-state index contributed by atoms with van der Waals surface area (Å²) in [6, 6.07) is 6.56. The first-order valence-electron chi connectivity index (χ1n) is 12.8. The third kappa shape index (κ3) is 3.67. The van der Waals surface area contributed by atoms with Gasteiger partial charge in [-0.3, -0.25) is 14.5 Å². The SMILES string of the molecule is CC1(C)C2C(=O)N(Cc3cc4c(-c5cc(Cl)cc6c5N(C5CCNC5)CCC6)ncnn4c3)C(=O)C21.Cl. The maximum absolute atomic E-state index is 12.9. The van der Waals surface area contributed by atoms with Crippen molar-refractivity contribution in [2.24, 2.45) is 17.3 Å². The molecule has 0 spiro atoms. The van der Waals surface area contributed by atoms with Crippen LogP contribution in [0.4, 0.5) is 5.69 Å². The summed E-state index contributed by atoms with van der Waals surface area (Å²) in [4.78, 5) is 34.4. The molecule has 3 atom stereocenters. The van der Waals surface area contributed by atoms with Crippen LogP contribution in [0.1, 0.15) is 37.8 Å². The van der Waals surface area contributed by atoms with Gasteiger partial charge in [-0.05, 0) is 60.5 Å². The summed E-state index contributed by atoms with van der Waals surface area (Å²) in [5, 5.41) is 8.64. The van der Waals surface area contributed by atoms with Crippen LogP contribution in [0.25, 0.3) is 16.8 Å². The summed E-state index contributed by atoms with van der Waals surface area (Å²) < 4.78 is 1.80. The highest BCUT2D eigenvalue weighted by atomic mass is 35.5. The number of hydrogen-bond acceptors (Lipinski definition) is 6. The number of halogens is 2. The van der Waals surface area contributed by atoms with Crippen molar-refractivity contribution in [2.45, 2.75) is 45.7 Å². The van der Waals surface area contributed by atoms with Crippen LogP contribution in [-0.4, -0.2) is 57.0 Å². The predicted molar refractivity (Wildman–Crippen MR) is 144 cm³/mol. The van der Waals surface area contributed by atoms with Crippen LogP contribution in [-0.2, 0) is 22.6 Å². The van der Waals surface area contributed by atoms with Crippen LogP contribution in [0, 0.1) is 17.3 Å². The van der Waals surface area contributed by atoms with Crippen LogP contribution in [0.5, 0.6) is 0 Å². The first-order valence-corrected chi connectivity index (χ1v) is 13.2. The highest BCUT2D eigenvalue weighted by molar-refractivity contribution is 6.31. The second-order valence-corrected chi connectivity index (χ2v) is 11.7. The van der Waals surface area contributed by atoms with Crippen molar-refractivity contribution in [3.8, 4) is 11.3 Å². The van der Waals surface area contributed by atoms with E-state index in [0.717, 1.165) is 61.2 Å². The topological polar surface area (TPSA) is 82.8 Å². The van der Waals surface area contributed by atoms with Crippen molar-refractivity contribution in [3.05, 3.63) is 46.9 Å². The lowest BCUT2D eigenvalue weighted by Crippen LogP contribution is -2.40. The summed E-state index contributed by atoms with van der Waals surface area (Å²) in [5.41, 5.74) is 5.81. The molecule has 2 saturated heterocycles. The molecule has 0 radical (unpaired) electrons. The lowest BCUT2D eigenvalue weighted by Gasteiger charge is -2.37. The molecule has 8 nitrogen and oxygen atoms in total. The molecule has 2 aromatic heterocycles. The molecule has 1 aromatic carbocycles. The molecule has 3 fully saturated rings. The average molecular weight is 541 g/mol. The van der Waals surface area contributed by atoms with Gasteiger partial charge >= 0.3 is 0 Å². The number of amides is 2. The van der Waals surface area contributed by atoms with Gasteiger partial charge in [-0.2, -0.15) is 5.10 Å². The van der Waals surface area contributed by atoms with Gasteiger partial charge < -0.3 is 10.2 Å². The van der Waals surface area contributed by atoms with Gasteiger partial charge in [0, 0.05) is 41.6 Å². The fourth-order valence-electron chi connectivity index (χ4n) is 6.81. The normalized spacial score (nSPS) is 25.9. The number of rotatable bonds is 4. The Balaban J connectivity index is 0.00000252. The van der Waals surface area contributed by atoms with Crippen LogP contribution >= 0.6 is 24.0 Å². The van der Waals surface area contributed by atoms with E-state index in [4.69, 9.17) is 16.6 Å². The monoisotopic (exact) mass is 540 g/mol. The van der Waals surface area contributed by atoms with Crippen LogP contribution < -0.4 is 10.2 Å². The van der Waals surface area contributed by atoms with E-state index in [0.29, 0.717) is 11.1 Å². The number of benzene rings is 1. The fourth-order valence-corrected chi connectivity index (χ4v) is 7.05. The molecule has 10 heteroatoms. The Morgan fingerprint density at radius 1 is 1.16 bits per heavy atom. The Hall–Kier alpha value is -2.68. The van der Waals surface area contributed by atoms with Crippen LogP contribution in [0.2, 0.25) is 5.02 Å². The van der Waals surface area contributed by atoms with Gasteiger partial charge in [0.25, 0.3) is 0 Å². The van der Waals surface area contributed by atoms with E-state index in [1.807, 2.05) is 32.2 Å². The Morgan fingerprint density at radius 2 is 1.95 bits per heavy atom. The van der Waals surface area contributed by atoms with Crippen molar-refractivity contribution < 1.29 is 9.59 Å². The average Bonchev–Trinajstić information content (AvgIpc) is 3.32. The number of fused-ring (bicyclic) bond motifs is 3. The molecule has 37 heavy (non-hydrogen) atoms. The van der Waals surface area contributed by atoms with Gasteiger partial charge in [0.15, 0.2) is 0 Å². The molecule has 194 valence electrons. The number of aromatic nitrogens is 3. The molecule has 2 amide bonds. The molecule has 1 aliphatic carbocycles. The number of carbonyl (C=O) groups is 2. The smallest absolute Gasteiger partial charge is 0.233 e. The number of likely N-dealkylation sites (tertiary alicyclic amines) is 1. The Morgan fingerprint density at radius 3 is 2.68 bits per heavy atom. The molecule has 3 aromatic rings.